The molecule has 3 rings (SSSR count). The lowest BCUT2D eigenvalue weighted by atomic mass is 9.97. The molecular weight excluding hydrogens is 438 g/mol. The number of fused-ring (bicyclic) bond motifs is 3. The van der Waals surface area contributed by atoms with E-state index in [4.69, 9.17) is 4.74 Å². The van der Waals surface area contributed by atoms with Crippen molar-refractivity contribution < 1.29 is 29.1 Å². The maximum absolute atomic E-state index is 12.9. The Hall–Kier alpha value is -4.22. The van der Waals surface area contributed by atoms with Gasteiger partial charge in [-0.15, -0.1) is 0 Å². The molecule has 1 aliphatic rings. The maximum Gasteiger partial charge on any atom is 0.339 e. The Morgan fingerprint density at radius 2 is 1.39 bits per heavy atom. The lowest BCUT2D eigenvalue weighted by Crippen LogP contribution is -2.10. The van der Waals surface area contributed by atoms with Gasteiger partial charge in [0.05, 0.1) is 38.6 Å². The maximum atomic E-state index is 12.9. The lowest BCUT2D eigenvalue weighted by Gasteiger charge is -2.10. The number of hydrogen-bond acceptors (Lipinski definition) is 9. The van der Waals surface area contributed by atoms with Gasteiger partial charge in [-0.05, 0) is 6.42 Å². The first-order chi connectivity index (χ1) is 15.7. The first kappa shape index (κ1) is 23.4. The summed E-state index contributed by atoms with van der Waals surface area (Å²) in [5, 5.41) is 34.2. The molecule has 12 heteroatoms. The van der Waals surface area contributed by atoms with E-state index >= 15 is 0 Å². The van der Waals surface area contributed by atoms with Crippen LogP contribution in [0.4, 0.5) is 17.1 Å². The minimum atomic E-state index is -0.973. The Balaban J connectivity index is 2.11. The number of hydrogen-bond donors (Lipinski definition) is 0. The number of ether oxygens (including phenoxy) is 1. The standard InChI is InChI=1S/C21H19N3O9/c1-2-3-4-5-6-7-33-21(26)16-10-12(22(27)28)8-14-18(16)19-15(20(14)25)9-13(23(29)30)11-17(19)24(31)32/h8-11H,2-7H2,1H3. The second kappa shape index (κ2) is 9.51. The van der Waals surface area contributed by atoms with Gasteiger partial charge in [-0.25, -0.2) is 4.79 Å². The number of carbonyl (C=O) groups excluding carboxylic acids is 2. The van der Waals surface area contributed by atoms with Crippen LogP contribution in [-0.2, 0) is 4.74 Å². The van der Waals surface area contributed by atoms with Crippen molar-refractivity contribution in [2.75, 3.05) is 6.61 Å². The molecule has 0 fully saturated rings. The summed E-state index contributed by atoms with van der Waals surface area (Å²) in [7, 11) is 0. The Kier molecular flexibility index (Phi) is 6.75. The van der Waals surface area contributed by atoms with Crippen LogP contribution in [0.3, 0.4) is 0 Å². The van der Waals surface area contributed by atoms with E-state index < -0.39 is 43.6 Å². The minimum Gasteiger partial charge on any atom is -0.462 e. The van der Waals surface area contributed by atoms with Gasteiger partial charge >= 0.3 is 5.97 Å². The van der Waals surface area contributed by atoms with Gasteiger partial charge in [0.15, 0.2) is 5.78 Å². The quantitative estimate of drug-likeness (QED) is 0.180. The second-order valence-electron chi connectivity index (χ2n) is 7.45. The number of benzene rings is 2. The molecule has 0 bridgehead atoms. The molecule has 2 aromatic carbocycles. The summed E-state index contributed by atoms with van der Waals surface area (Å²) in [6, 6.07) is 3.34. The largest absolute Gasteiger partial charge is 0.462 e. The van der Waals surface area contributed by atoms with Gasteiger partial charge in [0.1, 0.15) is 0 Å². The van der Waals surface area contributed by atoms with E-state index in [-0.39, 0.29) is 34.4 Å². The number of esters is 1. The number of ketones is 1. The molecule has 0 radical (unpaired) electrons. The Bertz CT molecular complexity index is 1190. The van der Waals surface area contributed by atoms with Crippen molar-refractivity contribution in [1.82, 2.24) is 0 Å². The summed E-state index contributed by atoms with van der Waals surface area (Å²) >= 11 is 0. The topological polar surface area (TPSA) is 173 Å². The highest BCUT2D eigenvalue weighted by atomic mass is 16.6. The summed E-state index contributed by atoms with van der Waals surface area (Å²) in [6.07, 6.45) is 4.38. The van der Waals surface area contributed by atoms with E-state index in [0.29, 0.717) is 12.5 Å². The zero-order valence-corrected chi connectivity index (χ0v) is 17.6. The fraction of sp³-hybridized carbons (Fsp3) is 0.333. The van der Waals surface area contributed by atoms with Crippen LogP contribution in [0.25, 0.3) is 11.1 Å². The van der Waals surface area contributed by atoms with Gasteiger partial charge in [-0.1, -0.05) is 32.6 Å². The number of nitro groups is 3. The number of carbonyl (C=O) groups is 2. The first-order valence-electron chi connectivity index (χ1n) is 10.2. The molecular formula is C21H19N3O9. The molecule has 12 nitrogen and oxygen atoms in total. The summed E-state index contributed by atoms with van der Waals surface area (Å²) in [4.78, 5) is 57.4. The third-order valence-electron chi connectivity index (χ3n) is 5.28. The fourth-order valence-corrected chi connectivity index (χ4v) is 3.74. The number of nitrogens with zero attached hydrogens (tertiary/aromatic N) is 3. The predicted molar refractivity (Wildman–Crippen MR) is 114 cm³/mol. The van der Waals surface area contributed by atoms with Crippen molar-refractivity contribution in [2.45, 2.75) is 39.0 Å². The predicted octanol–water partition coefficient (Wildman–Crippen LogP) is 4.75. The number of nitro benzene ring substituents is 3. The monoisotopic (exact) mass is 457 g/mol. The van der Waals surface area contributed by atoms with E-state index in [2.05, 4.69) is 6.92 Å². The summed E-state index contributed by atoms with van der Waals surface area (Å²) in [5.74, 6) is -1.86. The number of unbranched alkanes of at least 4 members (excludes halogenated alkanes) is 4. The fourth-order valence-electron chi connectivity index (χ4n) is 3.74. The molecule has 0 heterocycles. The number of non-ortho nitro benzene ring substituents is 2. The van der Waals surface area contributed by atoms with E-state index in [1.54, 1.807) is 0 Å². The minimum absolute atomic E-state index is 0.0309. The zero-order chi connectivity index (χ0) is 24.3. The van der Waals surface area contributed by atoms with Crippen molar-refractivity contribution >= 4 is 28.8 Å². The molecule has 0 N–H and O–H groups in total. The smallest absolute Gasteiger partial charge is 0.339 e. The van der Waals surface area contributed by atoms with Crippen molar-refractivity contribution in [2.24, 2.45) is 0 Å². The molecule has 0 saturated carbocycles. The van der Waals surface area contributed by atoms with Crippen LogP contribution < -0.4 is 0 Å². The van der Waals surface area contributed by atoms with Crippen LogP contribution in [0, 0.1) is 30.3 Å². The van der Waals surface area contributed by atoms with E-state index in [1.807, 2.05) is 0 Å². The van der Waals surface area contributed by atoms with Crippen molar-refractivity contribution in [3.8, 4) is 11.1 Å². The first-order valence-corrected chi connectivity index (χ1v) is 10.2. The molecule has 33 heavy (non-hydrogen) atoms. The molecule has 0 aliphatic heterocycles. The molecule has 172 valence electrons. The van der Waals surface area contributed by atoms with Crippen LogP contribution in [0.15, 0.2) is 24.3 Å². The van der Waals surface area contributed by atoms with Gasteiger partial charge in [0.25, 0.3) is 17.1 Å². The molecule has 0 atom stereocenters. The Labute approximate surface area is 186 Å². The van der Waals surface area contributed by atoms with Gasteiger partial charge < -0.3 is 4.74 Å². The van der Waals surface area contributed by atoms with Crippen LogP contribution in [0.2, 0.25) is 0 Å². The van der Waals surface area contributed by atoms with Gasteiger partial charge in [0, 0.05) is 34.9 Å². The zero-order valence-electron chi connectivity index (χ0n) is 17.6. The summed E-state index contributed by atoms with van der Waals surface area (Å²) < 4.78 is 5.23. The van der Waals surface area contributed by atoms with Crippen molar-refractivity contribution in [1.29, 1.82) is 0 Å². The average Bonchev–Trinajstić information content (AvgIpc) is 3.06. The van der Waals surface area contributed by atoms with Gasteiger partial charge in [-0.2, -0.15) is 0 Å². The van der Waals surface area contributed by atoms with Crippen LogP contribution >= 0.6 is 0 Å². The Morgan fingerprint density at radius 3 is 1.97 bits per heavy atom. The SMILES string of the molecule is CCCCCCCOC(=O)c1cc([N+](=O)[O-])cc2c1-c1c(cc([N+](=O)[O-])cc1[N+](=O)[O-])C2=O. The highest BCUT2D eigenvalue weighted by Crippen LogP contribution is 2.47. The highest BCUT2D eigenvalue weighted by molar-refractivity contribution is 6.26. The molecule has 0 amide bonds. The van der Waals surface area contributed by atoms with Crippen LogP contribution in [0.1, 0.15) is 65.3 Å². The normalized spacial score (nSPS) is 11.6. The molecule has 0 saturated heterocycles. The van der Waals surface area contributed by atoms with E-state index in [1.165, 1.54) is 0 Å². The van der Waals surface area contributed by atoms with Crippen LogP contribution in [0.5, 0.6) is 0 Å². The van der Waals surface area contributed by atoms with Gasteiger partial charge in [-0.3, -0.25) is 35.1 Å². The Morgan fingerprint density at radius 1 is 0.818 bits per heavy atom. The third kappa shape index (κ3) is 4.54. The highest BCUT2D eigenvalue weighted by Gasteiger charge is 2.40. The molecule has 0 spiro atoms. The second-order valence-corrected chi connectivity index (χ2v) is 7.45. The number of rotatable bonds is 10. The van der Waals surface area contributed by atoms with Gasteiger partial charge in [0.2, 0.25) is 0 Å². The van der Waals surface area contributed by atoms with E-state index in [9.17, 15) is 39.9 Å². The van der Waals surface area contributed by atoms with Crippen molar-refractivity contribution in [3.05, 3.63) is 71.3 Å². The molecule has 1 aliphatic carbocycles. The van der Waals surface area contributed by atoms with E-state index in [0.717, 1.165) is 43.9 Å². The molecule has 2 aromatic rings. The third-order valence-corrected chi connectivity index (χ3v) is 5.28. The van der Waals surface area contributed by atoms with Crippen LogP contribution in [-0.4, -0.2) is 33.1 Å². The summed E-state index contributed by atoms with van der Waals surface area (Å²) in [5.41, 5.74) is -3.59. The lowest BCUT2D eigenvalue weighted by molar-refractivity contribution is -0.393. The van der Waals surface area contributed by atoms with Crippen molar-refractivity contribution in [3.63, 3.8) is 0 Å². The summed E-state index contributed by atoms with van der Waals surface area (Å²) in [6.45, 7) is 2.08. The molecule has 0 aromatic heterocycles. The molecule has 0 unspecified atom stereocenters. The average molecular weight is 457 g/mol.